The van der Waals surface area contributed by atoms with E-state index in [0.717, 1.165) is 35.1 Å². The molecule has 94 valence electrons. The molecule has 0 saturated carbocycles. The molecule has 0 bridgehead atoms. The first-order chi connectivity index (χ1) is 8.02. The Hall–Kier alpha value is -0.970. The zero-order valence-corrected chi connectivity index (χ0v) is 11.8. The summed E-state index contributed by atoms with van der Waals surface area (Å²) in [6.45, 7) is 6.44. The lowest BCUT2D eigenvalue weighted by Gasteiger charge is -2.29. The van der Waals surface area contributed by atoms with E-state index in [1.165, 1.54) is 0 Å². The number of aryl methyl sites for hydroxylation is 2. The van der Waals surface area contributed by atoms with E-state index in [0.29, 0.717) is 0 Å². The molecule has 1 aliphatic rings. The lowest BCUT2D eigenvalue weighted by molar-refractivity contribution is 0.443. The van der Waals surface area contributed by atoms with Gasteiger partial charge in [0, 0.05) is 19.0 Å². The van der Waals surface area contributed by atoms with E-state index in [9.17, 15) is 0 Å². The second-order valence-corrected chi connectivity index (χ2v) is 5.88. The molecule has 1 unspecified atom stereocenters. The van der Waals surface area contributed by atoms with Gasteiger partial charge in [-0.05, 0) is 26.7 Å². The van der Waals surface area contributed by atoms with E-state index in [4.69, 9.17) is 4.99 Å². The molecule has 0 radical (unpaired) electrons. The molecule has 1 aliphatic heterocycles. The number of hydrogen-bond donors (Lipinski definition) is 1. The van der Waals surface area contributed by atoms with E-state index < -0.39 is 0 Å². The number of anilines is 1. The highest BCUT2D eigenvalue weighted by molar-refractivity contribution is 8.14. The fraction of sp³-hybridized carbons (Fsp3) is 0.667. The van der Waals surface area contributed by atoms with Crippen LogP contribution < -0.4 is 5.32 Å². The van der Waals surface area contributed by atoms with Crippen LogP contribution in [-0.4, -0.2) is 26.2 Å². The van der Waals surface area contributed by atoms with Crippen LogP contribution in [0.25, 0.3) is 0 Å². The zero-order chi connectivity index (χ0) is 12.5. The molecule has 0 saturated heterocycles. The van der Waals surface area contributed by atoms with Crippen molar-refractivity contribution in [3.63, 3.8) is 0 Å². The largest absolute Gasteiger partial charge is 0.332 e. The van der Waals surface area contributed by atoms with Crippen molar-refractivity contribution in [2.75, 3.05) is 11.1 Å². The summed E-state index contributed by atoms with van der Waals surface area (Å²) >= 11 is 1.80. The van der Waals surface area contributed by atoms with Crippen molar-refractivity contribution in [2.24, 2.45) is 12.0 Å². The Morgan fingerprint density at radius 1 is 1.59 bits per heavy atom. The summed E-state index contributed by atoms with van der Waals surface area (Å²) in [7, 11) is 1.93. The minimum Gasteiger partial charge on any atom is -0.332 e. The van der Waals surface area contributed by atoms with Gasteiger partial charge >= 0.3 is 0 Å². The molecule has 2 rings (SSSR count). The fourth-order valence-electron chi connectivity index (χ4n) is 1.86. The predicted octanol–water partition coefficient (Wildman–Crippen LogP) is 2.80. The Bertz CT molecular complexity index is 438. The van der Waals surface area contributed by atoms with Crippen molar-refractivity contribution in [3.8, 4) is 0 Å². The number of aromatic nitrogens is 2. The third-order valence-electron chi connectivity index (χ3n) is 3.27. The van der Waals surface area contributed by atoms with Crippen LogP contribution in [0.3, 0.4) is 0 Å². The predicted molar refractivity (Wildman–Crippen MR) is 74.8 cm³/mol. The minimum atomic E-state index is 0.101. The van der Waals surface area contributed by atoms with E-state index in [-0.39, 0.29) is 5.54 Å². The summed E-state index contributed by atoms with van der Waals surface area (Å²) < 4.78 is 1.82. The topological polar surface area (TPSA) is 42.2 Å². The molecule has 0 fully saturated rings. The molecular weight excluding hydrogens is 232 g/mol. The van der Waals surface area contributed by atoms with Crippen molar-refractivity contribution in [2.45, 2.75) is 39.2 Å². The minimum absolute atomic E-state index is 0.101. The Balaban J connectivity index is 2.16. The standard InChI is InChI=1S/C12H20N4S/c1-5-12(3)6-7-17-11(14-12)13-10-8-16(4)15-9(10)2/h8H,5-7H2,1-4H3,(H,13,14). The second kappa shape index (κ2) is 4.72. The van der Waals surface area contributed by atoms with Crippen LogP contribution >= 0.6 is 11.8 Å². The van der Waals surface area contributed by atoms with Gasteiger partial charge in [-0.3, -0.25) is 9.67 Å². The van der Waals surface area contributed by atoms with E-state index in [2.05, 4.69) is 24.3 Å². The quantitative estimate of drug-likeness (QED) is 0.880. The van der Waals surface area contributed by atoms with Gasteiger partial charge in [-0.1, -0.05) is 18.7 Å². The first kappa shape index (κ1) is 12.5. The van der Waals surface area contributed by atoms with Crippen molar-refractivity contribution >= 4 is 22.6 Å². The lowest BCUT2D eigenvalue weighted by atomic mass is 9.97. The van der Waals surface area contributed by atoms with Gasteiger partial charge in [-0.15, -0.1) is 0 Å². The van der Waals surface area contributed by atoms with Gasteiger partial charge in [0.15, 0.2) is 5.17 Å². The molecule has 0 amide bonds. The number of amidine groups is 1. The monoisotopic (exact) mass is 252 g/mol. The molecule has 1 N–H and O–H groups in total. The molecule has 0 aliphatic carbocycles. The summed E-state index contributed by atoms with van der Waals surface area (Å²) in [6.07, 6.45) is 4.24. The maximum atomic E-state index is 4.81. The molecule has 2 heterocycles. The van der Waals surface area contributed by atoms with Crippen LogP contribution in [0.15, 0.2) is 11.2 Å². The van der Waals surface area contributed by atoms with E-state index >= 15 is 0 Å². The van der Waals surface area contributed by atoms with Crippen LogP contribution in [0.4, 0.5) is 5.69 Å². The Kier molecular flexibility index (Phi) is 3.47. The van der Waals surface area contributed by atoms with Crippen molar-refractivity contribution < 1.29 is 0 Å². The number of thioether (sulfide) groups is 1. The van der Waals surface area contributed by atoms with Crippen LogP contribution in [0.1, 0.15) is 32.4 Å². The van der Waals surface area contributed by atoms with Gasteiger partial charge in [-0.25, -0.2) is 0 Å². The van der Waals surface area contributed by atoms with Crippen molar-refractivity contribution in [1.82, 2.24) is 9.78 Å². The van der Waals surface area contributed by atoms with E-state index in [1.807, 2.05) is 24.9 Å². The normalized spacial score (nSPS) is 24.6. The number of aliphatic imine (C=N–C) groups is 1. The number of nitrogens with one attached hydrogen (secondary N) is 1. The summed E-state index contributed by atoms with van der Waals surface area (Å²) in [6, 6.07) is 0. The molecule has 1 aromatic rings. The third kappa shape index (κ3) is 2.83. The zero-order valence-electron chi connectivity index (χ0n) is 10.9. The first-order valence-corrected chi connectivity index (χ1v) is 7.01. The van der Waals surface area contributed by atoms with Gasteiger partial charge in [0.05, 0.1) is 16.9 Å². The van der Waals surface area contributed by atoms with Crippen molar-refractivity contribution in [3.05, 3.63) is 11.9 Å². The smallest absolute Gasteiger partial charge is 0.161 e. The summed E-state index contributed by atoms with van der Waals surface area (Å²) in [5.41, 5.74) is 2.17. The second-order valence-electron chi connectivity index (χ2n) is 4.79. The Labute approximate surface area is 107 Å². The van der Waals surface area contributed by atoms with Crippen LogP contribution in [0.5, 0.6) is 0 Å². The summed E-state index contributed by atoms with van der Waals surface area (Å²) in [5, 5.41) is 8.74. The molecule has 0 spiro atoms. The summed E-state index contributed by atoms with van der Waals surface area (Å²) in [4.78, 5) is 4.81. The Morgan fingerprint density at radius 3 is 2.94 bits per heavy atom. The average Bonchev–Trinajstić information content (AvgIpc) is 2.58. The maximum absolute atomic E-state index is 4.81. The first-order valence-electron chi connectivity index (χ1n) is 6.02. The lowest BCUT2D eigenvalue weighted by Crippen LogP contribution is -2.29. The van der Waals surface area contributed by atoms with Crippen molar-refractivity contribution in [1.29, 1.82) is 0 Å². The molecule has 17 heavy (non-hydrogen) atoms. The van der Waals surface area contributed by atoms with Gasteiger partial charge in [0.1, 0.15) is 0 Å². The molecule has 0 aromatic carbocycles. The average molecular weight is 252 g/mol. The van der Waals surface area contributed by atoms with Gasteiger partial charge in [-0.2, -0.15) is 5.10 Å². The van der Waals surface area contributed by atoms with Crippen LogP contribution in [0.2, 0.25) is 0 Å². The molecule has 1 atom stereocenters. The molecule has 1 aromatic heterocycles. The molecule has 5 heteroatoms. The highest BCUT2D eigenvalue weighted by atomic mass is 32.2. The Morgan fingerprint density at radius 2 is 2.35 bits per heavy atom. The molecule has 4 nitrogen and oxygen atoms in total. The van der Waals surface area contributed by atoms with Gasteiger partial charge < -0.3 is 5.32 Å². The number of hydrogen-bond acceptors (Lipinski definition) is 4. The molecular formula is C12H20N4S. The number of nitrogens with zero attached hydrogens (tertiary/aromatic N) is 3. The van der Waals surface area contributed by atoms with E-state index in [1.54, 1.807) is 11.8 Å². The van der Waals surface area contributed by atoms with Gasteiger partial charge in [0.25, 0.3) is 0 Å². The highest BCUT2D eigenvalue weighted by Gasteiger charge is 2.26. The number of rotatable bonds is 2. The fourth-order valence-corrected chi connectivity index (χ4v) is 3.06. The SMILES string of the molecule is CCC1(C)CCSC(Nc2cn(C)nc2C)=N1. The van der Waals surface area contributed by atoms with Gasteiger partial charge in [0.2, 0.25) is 0 Å². The highest BCUT2D eigenvalue weighted by Crippen LogP contribution is 2.30. The van der Waals surface area contributed by atoms with Crippen LogP contribution in [-0.2, 0) is 7.05 Å². The summed E-state index contributed by atoms with van der Waals surface area (Å²) in [5.74, 6) is 1.13. The maximum Gasteiger partial charge on any atom is 0.161 e. The van der Waals surface area contributed by atoms with Crippen LogP contribution in [0, 0.1) is 6.92 Å². The third-order valence-corrected chi connectivity index (χ3v) is 4.14.